The van der Waals surface area contributed by atoms with Crippen LogP contribution < -0.4 is 0 Å². The maximum Gasteiger partial charge on any atom is 0.168 e. The van der Waals surface area contributed by atoms with Crippen LogP contribution >= 0.6 is 27.5 Å². The minimum atomic E-state index is -0.311. The third-order valence-electron chi connectivity index (χ3n) is 2.04. The van der Waals surface area contributed by atoms with Crippen molar-refractivity contribution in [2.45, 2.75) is 13.3 Å². The molecule has 0 saturated carbocycles. The highest BCUT2D eigenvalue weighted by molar-refractivity contribution is 9.10. The second-order valence-corrected chi connectivity index (χ2v) is 4.57. The summed E-state index contributed by atoms with van der Waals surface area (Å²) in [5.74, 6) is -0.400. The Balaban J connectivity index is 2.97. The first kappa shape index (κ1) is 12.2. The van der Waals surface area contributed by atoms with Gasteiger partial charge in [-0.25, -0.2) is 0 Å². The first-order valence-electron chi connectivity index (χ1n) is 4.42. The van der Waals surface area contributed by atoms with Gasteiger partial charge in [0, 0.05) is 22.4 Å². The molecule has 1 rings (SSSR count). The first-order chi connectivity index (χ1) is 7.06. The van der Waals surface area contributed by atoms with Crippen molar-refractivity contribution in [2.75, 3.05) is 0 Å². The molecule has 0 fully saturated rings. The molecule has 0 aliphatic heterocycles. The molecule has 1 unspecified atom stereocenters. The minimum Gasteiger partial charge on any atom is -0.294 e. The number of ketones is 1. The minimum absolute atomic E-state index is 0.0888. The van der Waals surface area contributed by atoms with E-state index in [0.717, 1.165) is 4.47 Å². The van der Waals surface area contributed by atoms with Crippen LogP contribution in [0.3, 0.4) is 0 Å². The number of carbonyl (C=O) groups is 1. The first-order valence-corrected chi connectivity index (χ1v) is 5.59. The van der Waals surface area contributed by atoms with Crippen molar-refractivity contribution in [3.63, 3.8) is 0 Å². The van der Waals surface area contributed by atoms with E-state index in [1.54, 1.807) is 25.1 Å². The van der Waals surface area contributed by atoms with Gasteiger partial charge in [-0.1, -0.05) is 34.5 Å². The van der Waals surface area contributed by atoms with Gasteiger partial charge in [-0.2, -0.15) is 5.26 Å². The number of hydrogen-bond donors (Lipinski definition) is 0. The van der Waals surface area contributed by atoms with Gasteiger partial charge >= 0.3 is 0 Å². The quantitative estimate of drug-likeness (QED) is 0.792. The fourth-order valence-electron chi connectivity index (χ4n) is 1.18. The highest BCUT2D eigenvalue weighted by Crippen LogP contribution is 2.24. The summed E-state index contributed by atoms with van der Waals surface area (Å²) >= 11 is 9.20. The number of halogens is 2. The Hall–Kier alpha value is -0.850. The lowest BCUT2D eigenvalue weighted by Gasteiger charge is -2.07. The highest BCUT2D eigenvalue weighted by Gasteiger charge is 2.17. The van der Waals surface area contributed by atoms with Crippen LogP contribution in [0.4, 0.5) is 0 Å². The van der Waals surface area contributed by atoms with Crippen molar-refractivity contribution in [1.29, 1.82) is 5.26 Å². The predicted molar refractivity (Wildman–Crippen MR) is 62.9 cm³/mol. The summed E-state index contributed by atoms with van der Waals surface area (Å²) in [5.41, 5.74) is 0.475. The van der Waals surface area contributed by atoms with Crippen LogP contribution in [0.1, 0.15) is 23.7 Å². The molecule has 0 bridgehead atoms. The summed E-state index contributed by atoms with van der Waals surface area (Å²) in [7, 11) is 0. The van der Waals surface area contributed by atoms with Crippen LogP contribution in [0.15, 0.2) is 22.7 Å². The molecular weight excluding hydrogens is 277 g/mol. The molecule has 0 saturated heterocycles. The van der Waals surface area contributed by atoms with E-state index in [-0.39, 0.29) is 18.1 Å². The van der Waals surface area contributed by atoms with Gasteiger partial charge in [-0.15, -0.1) is 0 Å². The van der Waals surface area contributed by atoms with Crippen LogP contribution in [0.5, 0.6) is 0 Å². The number of hydrogen-bond acceptors (Lipinski definition) is 2. The topological polar surface area (TPSA) is 40.9 Å². The molecule has 0 spiro atoms. The second-order valence-electron chi connectivity index (χ2n) is 3.25. The monoisotopic (exact) mass is 285 g/mol. The van der Waals surface area contributed by atoms with E-state index in [9.17, 15) is 4.79 Å². The van der Waals surface area contributed by atoms with Gasteiger partial charge in [-0.05, 0) is 18.2 Å². The summed E-state index contributed by atoms with van der Waals surface area (Å²) in [6.07, 6.45) is 0.214. The smallest absolute Gasteiger partial charge is 0.168 e. The molecule has 1 atom stereocenters. The number of rotatable bonds is 3. The van der Waals surface area contributed by atoms with Crippen LogP contribution in [0, 0.1) is 17.2 Å². The summed E-state index contributed by atoms with van der Waals surface area (Å²) < 4.78 is 0.831. The predicted octanol–water partition coefficient (Wildman–Crippen LogP) is 3.83. The zero-order valence-corrected chi connectivity index (χ0v) is 10.5. The normalized spacial score (nSPS) is 11.9. The molecule has 78 valence electrons. The molecule has 1 aromatic rings. The molecular formula is C11H9BrClNO. The molecule has 4 heteroatoms. The van der Waals surface area contributed by atoms with Gasteiger partial charge in [-0.3, -0.25) is 4.79 Å². The van der Waals surface area contributed by atoms with Crippen molar-refractivity contribution >= 4 is 33.3 Å². The van der Waals surface area contributed by atoms with Gasteiger partial charge in [0.1, 0.15) is 0 Å². The third-order valence-corrected chi connectivity index (χ3v) is 2.85. The SMILES string of the molecule is CC(CC#N)C(=O)c1ccc(Br)cc1Cl. The molecule has 0 aliphatic rings. The van der Waals surface area contributed by atoms with Crippen molar-refractivity contribution in [3.8, 4) is 6.07 Å². The Kier molecular flexibility index (Phi) is 4.31. The number of benzene rings is 1. The van der Waals surface area contributed by atoms with E-state index in [2.05, 4.69) is 15.9 Å². The Morgan fingerprint density at radius 2 is 2.33 bits per heavy atom. The number of nitrogens with zero attached hydrogens (tertiary/aromatic N) is 1. The average molecular weight is 287 g/mol. The van der Waals surface area contributed by atoms with Gasteiger partial charge in [0.2, 0.25) is 0 Å². The van der Waals surface area contributed by atoms with Crippen molar-refractivity contribution < 1.29 is 4.79 Å². The fraction of sp³-hybridized carbons (Fsp3) is 0.273. The van der Waals surface area contributed by atoms with E-state index >= 15 is 0 Å². The van der Waals surface area contributed by atoms with Crippen molar-refractivity contribution in [3.05, 3.63) is 33.3 Å². The van der Waals surface area contributed by atoms with E-state index in [1.165, 1.54) is 0 Å². The molecule has 0 aliphatic carbocycles. The lowest BCUT2D eigenvalue weighted by Crippen LogP contribution is -2.11. The maximum absolute atomic E-state index is 11.8. The van der Waals surface area contributed by atoms with E-state index in [4.69, 9.17) is 16.9 Å². The molecule has 15 heavy (non-hydrogen) atoms. The van der Waals surface area contributed by atoms with Crippen LogP contribution in [0.2, 0.25) is 5.02 Å². The third kappa shape index (κ3) is 3.05. The standard InChI is InChI=1S/C11H9BrClNO/c1-7(4-5-14)11(15)9-3-2-8(12)6-10(9)13/h2-3,6-7H,4H2,1H3. The van der Waals surface area contributed by atoms with Gasteiger partial charge in [0.05, 0.1) is 11.1 Å². The molecule has 0 amide bonds. The molecule has 0 N–H and O–H groups in total. The summed E-state index contributed by atoms with van der Waals surface area (Å²) in [6, 6.07) is 7.08. The summed E-state index contributed by atoms with van der Waals surface area (Å²) in [6.45, 7) is 1.73. The maximum atomic E-state index is 11.8. The number of Topliss-reactive ketones (excluding diaryl/α,β-unsaturated/α-hetero) is 1. The molecule has 2 nitrogen and oxygen atoms in total. The van der Waals surface area contributed by atoms with Gasteiger partial charge in [0.25, 0.3) is 0 Å². The van der Waals surface area contributed by atoms with Crippen LogP contribution in [0.25, 0.3) is 0 Å². The fourth-order valence-corrected chi connectivity index (χ4v) is 1.95. The Morgan fingerprint density at radius 1 is 1.67 bits per heavy atom. The van der Waals surface area contributed by atoms with E-state index in [1.807, 2.05) is 6.07 Å². The molecule has 0 radical (unpaired) electrons. The molecule has 0 aromatic heterocycles. The zero-order valence-electron chi connectivity index (χ0n) is 8.13. The van der Waals surface area contributed by atoms with Gasteiger partial charge < -0.3 is 0 Å². The lowest BCUT2D eigenvalue weighted by molar-refractivity contribution is 0.0932. The van der Waals surface area contributed by atoms with Crippen LogP contribution in [-0.4, -0.2) is 5.78 Å². The number of nitriles is 1. The highest BCUT2D eigenvalue weighted by atomic mass is 79.9. The second kappa shape index (κ2) is 5.29. The Labute approximate surface area is 102 Å². The summed E-state index contributed by atoms with van der Waals surface area (Å²) in [4.78, 5) is 11.8. The average Bonchev–Trinajstić information content (AvgIpc) is 2.17. The van der Waals surface area contributed by atoms with E-state index in [0.29, 0.717) is 10.6 Å². The largest absolute Gasteiger partial charge is 0.294 e. The Bertz CT molecular complexity index is 425. The van der Waals surface area contributed by atoms with Crippen LogP contribution in [-0.2, 0) is 0 Å². The van der Waals surface area contributed by atoms with Crippen molar-refractivity contribution in [1.82, 2.24) is 0 Å². The lowest BCUT2D eigenvalue weighted by atomic mass is 9.97. The Morgan fingerprint density at radius 3 is 2.87 bits per heavy atom. The zero-order chi connectivity index (χ0) is 11.4. The number of carbonyl (C=O) groups excluding carboxylic acids is 1. The van der Waals surface area contributed by atoms with Crippen molar-refractivity contribution in [2.24, 2.45) is 5.92 Å². The molecule has 0 heterocycles. The van der Waals surface area contributed by atoms with Gasteiger partial charge in [0.15, 0.2) is 5.78 Å². The van der Waals surface area contributed by atoms with E-state index < -0.39 is 0 Å². The summed E-state index contributed by atoms with van der Waals surface area (Å²) in [5, 5.41) is 8.92. The molecule has 1 aromatic carbocycles.